The van der Waals surface area contributed by atoms with Gasteiger partial charge in [0.15, 0.2) is 66.2 Å². The van der Waals surface area contributed by atoms with Gasteiger partial charge < -0.3 is 0 Å². The third-order valence-electron chi connectivity index (χ3n) is 16.8. The van der Waals surface area contributed by atoms with Gasteiger partial charge in [0.25, 0.3) is 0 Å². The highest BCUT2D eigenvalue weighted by Crippen LogP contribution is 2.36. The third-order valence-corrected chi connectivity index (χ3v) is 16.8. The first kappa shape index (κ1) is 67.2. The molecular formula is C77H97N14+5. The lowest BCUT2D eigenvalue weighted by atomic mass is 9.86. The van der Waals surface area contributed by atoms with E-state index in [-0.39, 0.29) is 0 Å². The number of pyridine rings is 4. The summed E-state index contributed by atoms with van der Waals surface area (Å²) in [4.78, 5) is 18.4. The van der Waals surface area contributed by atoms with E-state index in [0.29, 0.717) is 17.8 Å². The van der Waals surface area contributed by atoms with Crippen molar-refractivity contribution in [2.45, 2.75) is 129 Å². The molecule has 0 saturated heterocycles. The van der Waals surface area contributed by atoms with Crippen molar-refractivity contribution in [3.05, 3.63) is 262 Å². The Labute approximate surface area is 541 Å². The van der Waals surface area contributed by atoms with E-state index in [0.717, 1.165) is 39.8 Å². The maximum Gasteiger partial charge on any atom is 0.195 e. The summed E-state index contributed by atoms with van der Waals surface area (Å²) in [5.74, 6) is 1.53. The SMILES string of the molecule is Cc1cc(-c2c(C(C)C)cccc2C(C)C)ncc1-n1ccc[n+]1C.Cc1cc(-c2c(C)cccc2C)ncc1-n1ccc[n+]1C.Cc1cc(C(C)C)ccc1-n1ccc[n+]1C.Cc1cc(C)c(-n2ccc[n+]2C)c(C)n1.Cc1ccnc(C)c1-n1ccc[n+]1C. The predicted octanol–water partition coefficient (Wildman–Crippen LogP) is 13.9. The van der Waals surface area contributed by atoms with Gasteiger partial charge in [0.2, 0.25) is 0 Å². The summed E-state index contributed by atoms with van der Waals surface area (Å²) in [6.45, 7) is 34.5. The van der Waals surface area contributed by atoms with Gasteiger partial charge in [-0.1, -0.05) is 90.1 Å². The molecule has 9 aromatic heterocycles. The van der Waals surface area contributed by atoms with Gasteiger partial charge >= 0.3 is 0 Å². The van der Waals surface area contributed by atoms with Gasteiger partial charge in [-0.2, -0.15) is 0 Å². The topological polar surface area (TPSA) is 95.6 Å². The number of hydrogen-bond donors (Lipinski definition) is 0. The van der Waals surface area contributed by atoms with E-state index < -0.39 is 0 Å². The fourth-order valence-corrected chi connectivity index (χ4v) is 11.9. The van der Waals surface area contributed by atoms with Crippen molar-refractivity contribution in [2.75, 3.05) is 0 Å². The van der Waals surface area contributed by atoms with E-state index in [1.54, 1.807) is 0 Å². The lowest BCUT2D eigenvalue weighted by Gasteiger charge is -2.20. The van der Waals surface area contributed by atoms with E-state index >= 15 is 0 Å². The van der Waals surface area contributed by atoms with Gasteiger partial charge in [-0.25, -0.2) is 0 Å². The zero-order valence-electron chi connectivity index (χ0n) is 57.9. The van der Waals surface area contributed by atoms with Gasteiger partial charge in [0, 0.05) is 53.3 Å². The van der Waals surface area contributed by atoms with Crippen LogP contribution in [-0.4, -0.2) is 43.3 Å². The van der Waals surface area contributed by atoms with Gasteiger partial charge in [-0.3, -0.25) is 19.9 Å². The third kappa shape index (κ3) is 15.7. The number of aromatic nitrogens is 14. The minimum Gasteiger partial charge on any atom is -0.259 e. The average Bonchev–Trinajstić information content (AvgIpc) is 1.20. The van der Waals surface area contributed by atoms with Gasteiger partial charge in [-0.15, -0.1) is 46.8 Å². The van der Waals surface area contributed by atoms with Crippen LogP contribution < -0.4 is 23.4 Å². The summed E-state index contributed by atoms with van der Waals surface area (Å²) < 4.78 is 20.8. The number of aryl methyl sites for hydroxylation is 15. The van der Waals surface area contributed by atoms with Crippen molar-refractivity contribution in [1.82, 2.24) is 43.3 Å². The van der Waals surface area contributed by atoms with Crippen LogP contribution in [0.3, 0.4) is 0 Å². The molecule has 12 aromatic rings. The van der Waals surface area contributed by atoms with Crippen LogP contribution in [0.25, 0.3) is 51.0 Å². The van der Waals surface area contributed by atoms with Crippen LogP contribution in [0.1, 0.15) is 132 Å². The number of hydrogen-bond acceptors (Lipinski definition) is 4. The molecule has 0 spiro atoms. The van der Waals surface area contributed by atoms with E-state index in [1.807, 2.05) is 148 Å². The molecule has 0 radical (unpaired) electrons. The second-order valence-corrected chi connectivity index (χ2v) is 24.9. The highest BCUT2D eigenvalue weighted by atomic mass is 15.4. The zero-order valence-corrected chi connectivity index (χ0v) is 57.9. The van der Waals surface area contributed by atoms with Crippen LogP contribution in [0.4, 0.5) is 0 Å². The molecule has 9 heterocycles. The van der Waals surface area contributed by atoms with Gasteiger partial charge in [0.05, 0.1) is 66.2 Å². The van der Waals surface area contributed by atoms with Crippen LogP contribution in [0, 0.1) is 69.2 Å². The second-order valence-electron chi connectivity index (χ2n) is 24.9. The molecule has 12 rings (SSSR count). The fraction of sp³-hybridized carbons (Fsp3) is 0.312. The summed E-state index contributed by atoms with van der Waals surface area (Å²) >= 11 is 0. The molecule has 14 heteroatoms. The van der Waals surface area contributed by atoms with Crippen molar-refractivity contribution >= 4 is 0 Å². The van der Waals surface area contributed by atoms with E-state index in [2.05, 4.69) is 244 Å². The quantitative estimate of drug-likeness (QED) is 0.127. The first-order valence-electron chi connectivity index (χ1n) is 31.6. The molecule has 0 fully saturated rings. The molecule has 14 nitrogen and oxygen atoms in total. The molecular weight excluding hydrogens is 1120 g/mol. The smallest absolute Gasteiger partial charge is 0.195 e. The number of rotatable bonds is 10. The Morgan fingerprint density at radius 1 is 0.341 bits per heavy atom. The molecule has 0 saturated carbocycles. The van der Waals surface area contributed by atoms with Crippen molar-refractivity contribution in [1.29, 1.82) is 0 Å². The summed E-state index contributed by atoms with van der Waals surface area (Å²) in [7, 11) is 10.2. The molecule has 0 N–H and O–H groups in total. The first-order chi connectivity index (χ1) is 43.4. The Hall–Kier alpha value is -9.69. The monoisotopic (exact) mass is 1220 g/mol. The maximum atomic E-state index is 4.86. The summed E-state index contributed by atoms with van der Waals surface area (Å²) in [6.07, 6.45) is 26.2. The van der Waals surface area contributed by atoms with Crippen LogP contribution >= 0.6 is 0 Å². The average molecular weight is 1220 g/mol. The van der Waals surface area contributed by atoms with Crippen LogP contribution in [0.15, 0.2) is 190 Å². The summed E-state index contributed by atoms with van der Waals surface area (Å²) in [5, 5.41) is 0. The van der Waals surface area contributed by atoms with Crippen molar-refractivity contribution < 1.29 is 23.4 Å². The summed E-state index contributed by atoms with van der Waals surface area (Å²) in [5.41, 5.74) is 26.6. The molecule has 0 bridgehead atoms. The van der Waals surface area contributed by atoms with Crippen molar-refractivity contribution in [3.8, 4) is 51.0 Å². The van der Waals surface area contributed by atoms with E-state index in [4.69, 9.17) is 9.97 Å². The standard InChI is InChI=1S/C22H28N3.C18H20N3.C14H19N2.C12H16N3.C11H14N3/c1-15(2)18-9-7-10-19(16(3)4)22(18)20-13-17(5)21(14-23-20)25-12-8-11-24(25)6;1-13-7-5-8-14(2)18(13)16-11-15(3)17(12-19-16)21-10-6-9-20(21)4;1-11(2)13-6-7-14(12(3)10-13)16-9-5-8-15(16)4;1-9-8-10(2)13-11(3)12(9)15-7-5-6-14(15)4;1-9-5-6-12-10(2)11(9)14-8-4-7-13(14)3/h7-16H,1-6H3;5-12H,1-4H3;5-11H,1-4H3;5-8H,1-4H3;4-8H,1-3H3/q5*+1. The van der Waals surface area contributed by atoms with Gasteiger partial charge in [-0.05, 0) is 173 Å². The molecule has 91 heavy (non-hydrogen) atoms. The number of nitrogens with zero attached hydrogens (tertiary/aromatic N) is 14. The Morgan fingerprint density at radius 2 is 0.747 bits per heavy atom. The molecule has 3 aromatic carbocycles. The number of benzene rings is 3. The highest BCUT2D eigenvalue weighted by molar-refractivity contribution is 5.71. The predicted molar refractivity (Wildman–Crippen MR) is 366 cm³/mol. The molecule has 0 unspecified atom stereocenters. The van der Waals surface area contributed by atoms with Crippen LogP contribution in [-0.2, 0) is 35.2 Å². The lowest BCUT2D eigenvalue weighted by Crippen LogP contribution is -2.37. The molecule has 0 amide bonds. The normalized spacial score (nSPS) is 11.0. The maximum absolute atomic E-state index is 4.86. The van der Waals surface area contributed by atoms with Crippen molar-refractivity contribution in [2.24, 2.45) is 35.2 Å². The lowest BCUT2D eigenvalue weighted by molar-refractivity contribution is -0.744. The van der Waals surface area contributed by atoms with E-state index in [9.17, 15) is 0 Å². The Morgan fingerprint density at radius 3 is 1.13 bits per heavy atom. The summed E-state index contributed by atoms with van der Waals surface area (Å²) in [6, 6.07) is 38.4. The second kappa shape index (κ2) is 29.7. The minimum atomic E-state index is 0.470. The molecule has 470 valence electrons. The minimum absolute atomic E-state index is 0.470. The fourth-order valence-electron chi connectivity index (χ4n) is 11.9. The zero-order chi connectivity index (χ0) is 66.0. The largest absolute Gasteiger partial charge is 0.259 e. The molecule has 0 aliphatic carbocycles. The van der Waals surface area contributed by atoms with Crippen LogP contribution in [0.5, 0.6) is 0 Å². The first-order valence-corrected chi connectivity index (χ1v) is 31.6. The van der Waals surface area contributed by atoms with Crippen LogP contribution in [0.2, 0.25) is 0 Å². The van der Waals surface area contributed by atoms with Gasteiger partial charge in [0.1, 0.15) is 28.4 Å². The molecule has 0 atom stereocenters. The Balaban J connectivity index is 0.000000149. The highest BCUT2D eigenvalue weighted by Gasteiger charge is 2.20. The molecule has 0 aliphatic heterocycles. The van der Waals surface area contributed by atoms with Crippen molar-refractivity contribution in [3.63, 3.8) is 0 Å². The Kier molecular flexibility index (Phi) is 22.0. The van der Waals surface area contributed by atoms with E-state index in [1.165, 1.54) is 83.8 Å². The molecule has 0 aliphatic rings. The Bertz CT molecular complexity index is 4330.